The lowest BCUT2D eigenvalue weighted by Gasteiger charge is -2.16. The molecule has 1 heterocycles. The summed E-state index contributed by atoms with van der Waals surface area (Å²) in [6.07, 6.45) is 4.25. The van der Waals surface area contributed by atoms with E-state index in [1.54, 1.807) is 0 Å². The molecule has 0 bridgehead atoms. The quantitative estimate of drug-likeness (QED) is 0.770. The molecule has 5 heteroatoms. The fraction of sp³-hybridized carbons (Fsp3) is 0.625. The summed E-state index contributed by atoms with van der Waals surface area (Å²) < 4.78 is 13.3. The number of rotatable bonds is 8. The zero-order valence-corrected chi connectivity index (χ0v) is 13.4. The Labute approximate surface area is 126 Å². The van der Waals surface area contributed by atoms with E-state index in [9.17, 15) is 9.18 Å². The first kappa shape index (κ1) is 17.4. The molecule has 21 heavy (non-hydrogen) atoms. The SMILES string of the molecule is CCNc1ncc(F)cc1C(=O)NC(C)CCCC(C)C. The second-order valence-electron chi connectivity index (χ2n) is 5.78. The van der Waals surface area contributed by atoms with E-state index < -0.39 is 5.82 Å². The fourth-order valence-corrected chi connectivity index (χ4v) is 2.13. The van der Waals surface area contributed by atoms with Crippen molar-refractivity contribution < 1.29 is 9.18 Å². The Balaban J connectivity index is 2.64. The summed E-state index contributed by atoms with van der Waals surface area (Å²) in [5, 5.41) is 5.89. The summed E-state index contributed by atoms with van der Waals surface area (Å²) in [5.74, 6) is 0.302. The van der Waals surface area contributed by atoms with E-state index in [2.05, 4.69) is 29.5 Å². The van der Waals surface area contributed by atoms with Crippen molar-refractivity contribution in [3.63, 3.8) is 0 Å². The van der Waals surface area contributed by atoms with Crippen LogP contribution < -0.4 is 10.6 Å². The molecular formula is C16H26FN3O. The molecule has 1 aromatic heterocycles. The number of hydrogen-bond acceptors (Lipinski definition) is 3. The highest BCUT2D eigenvalue weighted by Gasteiger charge is 2.15. The van der Waals surface area contributed by atoms with Crippen molar-refractivity contribution >= 4 is 11.7 Å². The van der Waals surface area contributed by atoms with Gasteiger partial charge in [-0.3, -0.25) is 4.79 Å². The maximum atomic E-state index is 13.3. The van der Waals surface area contributed by atoms with Gasteiger partial charge in [-0.1, -0.05) is 26.7 Å². The van der Waals surface area contributed by atoms with E-state index in [-0.39, 0.29) is 17.5 Å². The molecule has 0 fully saturated rings. The second-order valence-corrected chi connectivity index (χ2v) is 5.78. The lowest BCUT2D eigenvalue weighted by Crippen LogP contribution is -2.33. The number of nitrogens with zero attached hydrogens (tertiary/aromatic N) is 1. The molecule has 1 rings (SSSR count). The summed E-state index contributed by atoms with van der Waals surface area (Å²) in [4.78, 5) is 16.2. The topological polar surface area (TPSA) is 54.0 Å². The van der Waals surface area contributed by atoms with E-state index >= 15 is 0 Å². The molecule has 0 aliphatic carbocycles. The highest BCUT2D eigenvalue weighted by molar-refractivity contribution is 5.98. The first-order chi connectivity index (χ1) is 9.93. The average molecular weight is 295 g/mol. The number of nitrogens with one attached hydrogen (secondary N) is 2. The van der Waals surface area contributed by atoms with Crippen LogP contribution >= 0.6 is 0 Å². The molecule has 1 unspecified atom stereocenters. The van der Waals surface area contributed by atoms with E-state index in [4.69, 9.17) is 0 Å². The van der Waals surface area contributed by atoms with Crippen LogP contribution in [0.1, 0.15) is 57.3 Å². The molecular weight excluding hydrogens is 269 g/mol. The molecule has 4 nitrogen and oxygen atoms in total. The average Bonchev–Trinajstić information content (AvgIpc) is 2.40. The van der Waals surface area contributed by atoms with Crippen molar-refractivity contribution in [1.29, 1.82) is 0 Å². The minimum atomic E-state index is -0.505. The van der Waals surface area contributed by atoms with Crippen molar-refractivity contribution in [3.8, 4) is 0 Å². The number of anilines is 1. The Morgan fingerprint density at radius 1 is 1.33 bits per heavy atom. The van der Waals surface area contributed by atoms with Gasteiger partial charge in [0.15, 0.2) is 0 Å². The first-order valence-corrected chi connectivity index (χ1v) is 7.64. The third kappa shape index (κ3) is 6.10. The molecule has 1 atom stereocenters. The lowest BCUT2D eigenvalue weighted by molar-refractivity contribution is 0.0938. The molecule has 1 aromatic rings. The molecule has 0 saturated heterocycles. The number of aromatic nitrogens is 1. The molecule has 118 valence electrons. The lowest BCUT2D eigenvalue weighted by atomic mass is 10.0. The maximum absolute atomic E-state index is 13.3. The molecule has 0 aliphatic rings. The maximum Gasteiger partial charge on any atom is 0.255 e. The summed E-state index contributed by atoms with van der Waals surface area (Å²) in [5.41, 5.74) is 0.257. The molecule has 0 aliphatic heterocycles. The minimum Gasteiger partial charge on any atom is -0.370 e. The van der Waals surface area contributed by atoms with E-state index in [0.717, 1.165) is 25.5 Å². The summed E-state index contributed by atoms with van der Waals surface area (Å²) >= 11 is 0. The molecule has 1 amide bonds. The van der Waals surface area contributed by atoms with Crippen molar-refractivity contribution in [3.05, 3.63) is 23.6 Å². The Kier molecular flexibility index (Phi) is 7.12. The van der Waals surface area contributed by atoms with Crippen LogP contribution in [0.15, 0.2) is 12.3 Å². The van der Waals surface area contributed by atoms with Crippen LogP contribution in [0.2, 0.25) is 0 Å². The van der Waals surface area contributed by atoms with Crippen LogP contribution in [0.3, 0.4) is 0 Å². The predicted octanol–water partition coefficient (Wildman–Crippen LogP) is 3.60. The second kappa shape index (κ2) is 8.60. The van der Waals surface area contributed by atoms with E-state index in [0.29, 0.717) is 18.3 Å². The van der Waals surface area contributed by atoms with Crippen LogP contribution in [-0.2, 0) is 0 Å². The normalized spacial score (nSPS) is 12.3. The number of carbonyl (C=O) groups excluding carboxylic acids is 1. The minimum absolute atomic E-state index is 0.0639. The van der Waals surface area contributed by atoms with Gasteiger partial charge in [0, 0.05) is 12.6 Å². The summed E-state index contributed by atoms with van der Waals surface area (Å²) in [6, 6.07) is 1.29. The van der Waals surface area contributed by atoms with E-state index in [1.807, 2.05) is 13.8 Å². The molecule has 2 N–H and O–H groups in total. The molecule has 0 spiro atoms. The van der Waals surface area contributed by atoms with Gasteiger partial charge in [0.25, 0.3) is 5.91 Å². The Bertz CT molecular complexity index is 463. The molecule has 0 saturated carbocycles. The Morgan fingerprint density at radius 2 is 2.05 bits per heavy atom. The van der Waals surface area contributed by atoms with Crippen LogP contribution in [0, 0.1) is 11.7 Å². The van der Waals surface area contributed by atoms with Crippen molar-refractivity contribution in [2.75, 3.05) is 11.9 Å². The molecule has 0 aromatic carbocycles. The van der Waals surface area contributed by atoms with Gasteiger partial charge in [-0.2, -0.15) is 0 Å². The fourth-order valence-electron chi connectivity index (χ4n) is 2.13. The highest BCUT2D eigenvalue weighted by Crippen LogP contribution is 2.14. The van der Waals surface area contributed by atoms with Gasteiger partial charge in [-0.15, -0.1) is 0 Å². The third-order valence-electron chi connectivity index (χ3n) is 3.24. The zero-order chi connectivity index (χ0) is 15.8. The standard InChI is InChI=1S/C16H26FN3O/c1-5-18-15-14(9-13(17)10-19-15)16(21)20-12(4)8-6-7-11(2)3/h9-12H,5-8H2,1-4H3,(H,18,19)(H,20,21). The van der Waals surface area contributed by atoms with Gasteiger partial charge in [-0.05, 0) is 32.3 Å². The van der Waals surface area contributed by atoms with Crippen molar-refractivity contribution in [2.45, 2.75) is 53.0 Å². The van der Waals surface area contributed by atoms with Crippen LogP contribution in [0.4, 0.5) is 10.2 Å². The monoisotopic (exact) mass is 295 g/mol. The highest BCUT2D eigenvalue weighted by atomic mass is 19.1. The van der Waals surface area contributed by atoms with Gasteiger partial charge >= 0.3 is 0 Å². The summed E-state index contributed by atoms with van der Waals surface area (Å²) in [7, 11) is 0. The first-order valence-electron chi connectivity index (χ1n) is 7.64. The van der Waals surface area contributed by atoms with E-state index in [1.165, 1.54) is 6.07 Å². The van der Waals surface area contributed by atoms with Gasteiger partial charge in [0.1, 0.15) is 11.6 Å². The van der Waals surface area contributed by atoms with Gasteiger partial charge < -0.3 is 10.6 Å². The summed E-state index contributed by atoms with van der Waals surface area (Å²) in [6.45, 7) is 8.87. The van der Waals surface area contributed by atoms with Crippen LogP contribution in [0.25, 0.3) is 0 Å². The number of hydrogen-bond donors (Lipinski definition) is 2. The largest absolute Gasteiger partial charge is 0.370 e. The zero-order valence-electron chi connectivity index (χ0n) is 13.4. The third-order valence-corrected chi connectivity index (χ3v) is 3.24. The van der Waals surface area contributed by atoms with Crippen molar-refractivity contribution in [1.82, 2.24) is 10.3 Å². The van der Waals surface area contributed by atoms with Crippen LogP contribution in [0.5, 0.6) is 0 Å². The van der Waals surface area contributed by atoms with Crippen LogP contribution in [-0.4, -0.2) is 23.5 Å². The predicted molar refractivity (Wildman–Crippen MR) is 84.0 cm³/mol. The van der Waals surface area contributed by atoms with Gasteiger partial charge in [-0.25, -0.2) is 9.37 Å². The van der Waals surface area contributed by atoms with Gasteiger partial charge in [0.2, 0.25) is 0 Å². The smallest absolute Gasteiger partial charge is 0.255 e. The molecule has 0 radical (unpaired) electrons. The van der Waals surface area contributed by atoms with Gasteiger partial charge in [0.05, 0.1) is 11.8 Å². The number of carbonyl (C=O) groups is 1. The number of halogens is 1. The Hall–Kier alpha value is -1.65. The number of amides is 1. The number of pyridine rings is 1. The van der Waals surface area contributed by atoms with Crippen molar-refractivity contribution in [2.24, 2.45) is 5.92 Å². The Morgan fingerprint density at radius 3 is 2.67 bits per heavy atom.